The summed E-state index contributed by atoms with van der Waals surface area (Å²) >= 11 is 0. The van der Waals surface area contributed by atoms with Gasteiger partial charge in [0.2, 0.25) is 0 Å². The highest BCUT2D eigenvalue weighted by Gasteiger charge is 2.15. The monoisotopic (exact) mass is 231 g/mol. The molecule has 4 heteroatoms. The lowest BCUT2D eigenvalue weighted by Crippen LogP contribution is -2.03. The van der Waals surface area contributed by atoms with Crippen molar-refractivity contribution in [2.24, 2.45) is 0 Å². The fraction of sp³-hybridized carbons (Fsp3) is 0.385. The summed E-state index contributed by atoms with van der Waals surface area (Å²) in [5.41, 5.74) is 3.09. The zero-order valence-corrected chi connectivity index (χ0v) is 10.1. The first-order valence-electron chi connectivity index (χ1n) is 5.85. The quantitative estimate of drug-likeness (QED) is 0.850. The number of H-pyrrole nitrogens is 1. The second-order valence-corrected chi connectivity index (χ2v) is 4.33. The van der Waals surface area contributed by atoms with Crippen LogP contribution in [0.4, 0.5) is 0 Å². The summed E-state index contributed by atoms with van der Waals surface area (Å²) in [5.74, 6) is 0.644. The van der Waals surface area contributed by atoms with Crippen molar-refractivity contribution in [1.29, 1.82) is 0 Å². The zero-order chi connectivity index (χ0) is 12.3. The third kappa shape index (κ3) is 2.64. The minimum absolute atomic E-state index is 0.278. The van der Waals surface area contributed by atoms with Gasteiger partial charge >= 0.3 is 0 Å². The van der Waals surface area contributed by atoms with Crippen molar-refractivity contribution >= 4 is 0 Å². The lowest BCUT2D eigenvalue weighted by molar-refractivity contribution is 0.458. The van der Waals surface area contributed by atoms with Gasteiger partial charge in [0.05, 0.1) is 11.9 Å². The summed E-state index contributed by atoms with van der Waals surface area (Å²) in [6.07, 6.45) is 3.49. The normalized spacial score (nSPS) is 12.6. The highest BCUT2D eigenvalue weighted by molar-refractivity contribution is 5.38. The molecule has 0 radical (unpaired) electrons. The van der Waals surface area contributed by atoms with Crippen LogP contribution in [0, 0.1) is 6.92 Å². The molecule has 4 nitrogen and oxygen atoms in total. The van der Waals surface area contributed by atoms with Crippen LogP contribution in [0.1, 0.15) is 36.1 Å². The van der Waals surface area contributed by atoms with E-state index in [9.17, 15) is 5.11 Å². The van der Waals surface area contributed by atoms with Gasteiger partial charge in [0.25, 0.3) is 0 Å². The number of benzene rings is 1. The Kier molecular flexibility index (Phi) is 3.42. The molecule has 0 saturated carbocycles. The van der Waals surface area contributed by atoms with Crippen molar-refractivity contribution in [1.82, 2.24) is 15.4 Å². The van der Waals surface area contributed by atoms with Crippen LogP contribution in [-0.4, -0.2) is 20.5 Å². The van der Waals surface area contributed by atoms with Crippen LogP contribution in [-0.2, 0) is 6.42 Å². The van der Waals surface area contributed by atoms with Gasteiger partial charge in [-0.25, -0.2) is 0 Å². The SMILES string of the molecule is CCC(Cc1cn[nH]n1)c1cc(C)ccc1O. The molecular weight excluding hydrogens is 214 g/mol. The molecule has 1 heterocycles. The van der Waals surface area contributed by atoms with Crippen LogP contribution in [0.25, 0.3) is 0 Å². The molecule has 1 aromatic carbocycles. The van der Waals surface area contributed by atoms with E-state index in [1.807, 2.05) is 19.1 Å². The van der Waals surface area contributed by atoms with E-state index in [4.69, 9.17) is 0 Å². The second kappa shape index (κ2) is 4.99. The topological polar surface area (TPSA) is 61.8 Å². The van der Waals surface area contributed by atoms with Crippen molar-refractivity contribution in [3.05, 3.63) is 41.2 Å². The Bertz CT molecular complexity index is 479. The fourth-order valence-corrected chi connectivity index (χ4v) is 2.05. The molecule has 0 saturated heterocycles. The van der Waals surface area contributed by atoms with Crippen molar-refractivity contribution < 1.29 is 5.11 Å². The molecule has 0 aliphatic rings. The molecule has 0 aliphatic carbocycles. The number of hydrogen-bond donors (Lipinski definition) is 2. The summed E-state index contributed by atoms with van der Waals surface area (Å²) in [6.45, 7) is 4.15. The van der Waals surface area contributed by atoms with Gasteiger partial charge in [-0.05, 0) is 30.9 Å². The molecule has 17 heavy (non-hydrogen) atoms. The predicted molar refractivity (Wildman–Crippen MR) is 66.0 cm³/mol. The van der Waals surface area contributed by atoms with Gasteiger partial charge < -0.3 is 5.11 Å². The van der Waals surface area contributed by atoms with E-state index in [1.54, 1.807) is 12.3 Å². The average Bonchev–Trinajstić information content (AvgIpc) is 2.82. The van der Waals surface area contributed by atoms with E-state index in [1.165, 1.54) is 0 Å². The number of aromatic hydroxyl groups is 1. The molecule has 0 spiro atoms. The number of phenols is 1. The number of hydrogen-bond acceptors (Lipinski definition) is 3. The molecule has 1 atom stereocenters. The van der Waals surface area contributed by atoms with Gasteiger partial charge in [0, 0.05) is 6.42 Å². The Morgan fingerprint density at radius 3 is 2.88 bits per heavy atom. The van der Waals surface area contributed by atoms with Crippen molar-refractivity contribution in [3.8, 4) is 5.75 Å². The number of aromatic nitrogens is 3. The van der Waals surface area contributed by atoms with Gasteiger partial charge in [0.15, 0.2) is 0 Å². The molecule has 0 fully saturated rings. The summed E-state index contributed by atoms with van der Waals surface area (Å²) in [4.78, 5) is 0. The summed E-state index contributed by atoms with van der Waals surface area (Å²) in [6, 6.07) is 5.72. The van der Waals surface area contributed by atoms with Gasteiger partial charge in [0.1, 0.15) is 5.75 Å². The summed E-state index contributed by atoms with van der Waals surface area (Å²) in [7, 11) is 0. The third-order valence-electron chi connectivity index (χ3n) is 3.04. The van der Waals surface area contributed by atoms with Crippen molar-refractivity contribution in [2.45, 2.75) is 32.6 Å². The Labute approximate surface area is 101 Å². The van der Waals surface area contributed by atoms with Gasteiger partial charge in [-0.2, -0.15) is 15.4 Å². The first-order chi connectivity index (χ1) is 8.20. The van der Waals surface area contributed by atoms with Crippen LogP contribution < -0.4 is 0 Å². The molecule has 2 N–H and O–H groups in total. The molecule has 0 bridgehead atoms. The number of rotatable bonds is 4. The van der Waals surface area contributed by atoms with E-state index in [2.05, 4.69) is 22.3 Å². The largest absolute Gasteiger partial charge is 0.508 e. The van der Waals surface area contributed by atoms with E-state index in [0.717, 1.165) is 29.7 Å². The first-order valence-corrected chi connectivity index (χ1v) is 5.85. The number of aryl methyl sites for hydroxylation is 1. The number of nitrogens with one attached hydrogen (secondary N) is 1. The van der Waals surface area contributed by atoms with Crippen LogP contribution >= 0.6 is 0 Å². The Hall–Kier alpha value is -1.84. The maximum absolute atomic E-state index is 9.92. The van der Waals surface area contributed by atoms with E-state index in [0.29, 0.717) is 5.75 Å². The Morgan fingerprint density at radius 1 is 1.41 bits per heavy atom. The smallest absolute Gasteiger partial charge is 0.119 e. The molecule has 0 aliphatic heterocycles. The van der Waals surface area contributed by atoms with Crippen molar-refractivity contribution in [3.63, 3.8) is 0 Å². The van der Waals surface area contributed by atoms with Crippen LogP contribution in [0.2, 0.25) is 0 Å². The van der Waals surface area contributed by atoms with Crippen LogP contribution in [0.3, 0.4) is 0 Å². The standard InChI is InChI=1S/C13H17N3O/c1-3-10(7-11-8-14-16-15-11)12-6-9(2)4-5-13(12)17/h4-6,8,10,17H,3,7H2,1-2H3,(H,14,15,16). The highest BCUT2D eigenvalue weighted by Crippen LogP contribution is 2.31. The van der Waals surface area contributed by atoms with Gasteiger partial charge in [-0.3, -0.25) is 0 Å². The molecular formula is C13H17N3O. The summed E-state index contributed by atoms with van der Waals surface area (Å²) in [5, 5.41) is 20.4. The minimum atomic E-state index is 0.278. The van der Waals surface area contributed by atoms with Crippen molar-refractivity contribution in [2.75, 3.05) is 0 Å². The predicted octanol–water partition coefficient (Wildman–Crippen LogP) is 2.56. The average molecular weight is 231 g/mol. The van der Waals surface area contributed by atoms with E-state index >= 15 is 0 Å². The molecule has 2 aromatic rings. The molecule has 1 unspecified atom stereocenters. The molecule has 2 rings (SSSR count). The fourth-order valence-electron chi connectivity index (χ4n) is 2.05. The van der Waals surface area contributed by atoms with E-state index < -0.39 is 0 Å². The highest BCUT2D eigenvalue weighted by atomic mass is 16.3. The maximum Gasteiger partial charge on any atom is 0.119 e. The van der Waals surface area contributed by atoms with Gasteiger partial charge in [-0.1, -0.05) is 24.6 Å². The summed E-state index contributed by atoms with van der Waals surface area (Å²) < 4.78 is 0. The van der Waals surface area contributed by atoms with Gasteiger partial charge in [-0.15, -0.1) is 0 Å². The van der Waals surface area contributed by atoms with Crippen LogP contribution in [0.5, 0.6) is 5.75 Å². The maximum atomic E-state index is 9.92. The lowest BCUT2D eigenvalue weighted by Gasteiger charge is -2.16. The first kappa shape index (κ1) is 11.6. The third-order valence-corrected chi connectivity index (χ3v) is 3.04. The zero-order valence-electron chi connectivity index (χ0n) is 10.1. The Morgan fingerprint density at radius 2 is 2.24 bits per heavy atom. The lowest BCUT2D eigenvalue weighted by atomic mass is 9.90. The minimum Gasteiger partial charge on any atom is -0.508 e. The Balaban J connectivity index is 2.25. The molecule has 1 aromatic heterocycles. The van der Waals surface area contributed by atoms with E-state index in [-0.39, 0.29) is 5.92 Å². The van der Waals surface area contributed by atoms with Crippen LogP contribution in [0.15, 0.2) is 24.4 Å². The number of nitrogens with zero attached hydrogens (tertiary/aromatic N) is 2. The molecule has 0 amide bonds. The second-order valence-electron chi connectivity index (χ2n) is 4.33. The number of aromatic amines is 1. The number of phenolic OH excluding ortho intramolecular Hbond substituents is 1. The molecule has 90 valence electrons.